The highest BCUT2D eigenvalue weighted by Crippen LogP contribution is 2.16. The van der Waals surface area contributed by atoms with Crippen molar-refractivity contribution < 1.29 is 4.79 Å². The number of nitrogens with one attached hydrogen (secondary N) is 1. The molecule has 0 heterocycles. The minimum Gasteiger partial charge on any atom is -0.322 e. The molecule has 1 N–H and O–H groups in total. The highest BCUT2D eigenvalue weighted by atomic mass is 32.1. The molecule has 0 bridgehead atoms. The third-order valence-electron chi connectivity index (χ3n) is 2.74. The van der Waals surface area contributed by atoms with Gasteiger partial charge in [-0.25, -0.2) is 0 Å². The molecule has 0 fully saturated rings. The van der Waals surface area contributed by atoms with Gasteiger partial charge < -0.3 is 5.32 Å². The molecule has 0 atom stereocenters. The molecule has 94 valence electrons. The molecule has 0 aliphatic carbocycles. The summed E-state index contributed by atoms with van der Waals surface area (Å²) >= 11 is 4.23. The van der Waals surface area contributed by atoms with E-state index in [4.69, 9.17) is 5.26 Å². The number of hydrogen-bond donors (Lipinski definition) is 2. The SMILES string of the molecule is Cc1ccc(S)cc1C(=O)Nc1ccc(C#N)cc1. The molecular weight excluding hydrogens is 256 g/mol. The lowest BCUT2D eigenvalue weighted by Crippen LogP contribution is -2.13. The Hall–Kier alpha value is -2.25. The van der Waals surface area contributed by atoms with Gasteiger partial charge in [0.15, 0.2) is 0 Å². The topological polar surface area (TPSA) is 52.9 Å². The molecule has 0 aromatic heterocycles. The number of benzene rings is 2. The van der Waals surface area contributed by atoms with Crippen molar-refractivity contribution in [2.24, 2.45) is 0 Å². The highest BCUT2D eigenvalue weighted by molar-refractivity contribution is 7.80. The zero-order valence-electron chi connectivity index (χ0n) is 10.3. The summed E-state index contributed by atoms with van der Waals surface area (Å²) in [5.74, 6) is -0.182. The van der Waals surface area contributed by atoms with E-state index in [-0.39, 0.29) is 5.91 Å². The number of nitriles is 1. The van der Waals surface area contributed by atoms with Crippen molar-refractivity contribution in [1.82, 2.24) is 0 Å². The van der Waals surface area contributed by atoms with Crippen LogP contribution in [0, 0.1) is 18.3 Å². The number of rotatable bonds is 2. The van der Waals surface area contributed by atoms with Crippen molar-refractivity contribution in [2.45, 2.75) is 11.8 Å². The zero-order valence-corrected chi connectivity index (χ0v) is 11.2. The maximum Gasteiger partial charge on any atom is 0.255 e. The van der Waals surface area contributed by atoms with Gasteiger partial charge in [-0.15, -0.1) is 12.6 Å². The minimum atomic E-state index is -0.182. The van der Waals surface area contributed by atoms with Gasteiger partial charge in [0, 0.05) is 16.1 Å². The van der Waals surface area contributed by atoms with E-state index in [1.807, 2.05) is 25.1 Å². The molecule has 0 spiro atoms. The standard InChI is InChI=1S/C15H12N2OS/c1-10-2-7-13(19)8-14(10)15(18)17-12-5-3-11(9-16)4-6-12/h2-8,19H,1H3,(H,17,18). The van der Waals surface area contributed by atoms with Crippen molar-refractivity contribution in [3.63, 3.8) is 0 Å². The minimum absolute atomic E-state index is 0.182. The first-order valence-electron chi connectivity index (χ1n) is 5.71. The van der Waals surface area contributed by atoms with Gasteiger partial charge in [-0.3, -0.25) is 4.79 Å². The van der Waals surface area contributed by atoms with Crippen LogP contribution < -0.4 is 5.32 Å². The van der Waals surface area contributed by atoms with Crippen LogP contribution in [0.25, 0.3) is 0 Å². The molecule has 2 rings (SSSR count). The number of nitrogens with zero attached hydrogens (tertiary/aromatic N) is 1. The Morgan fingerprint density at radius 3 is 2.53 bits per heavy atom. The second kappa shape index (κ2) is 5.59. The van der Waals surface area contributed by atoms with E-state index in [1.54, 1.807) is 30.3 Å². The summed E-state index contributed by atoms with van der Waals surface area (Å²) in [6.07, 6.45) is 0. The van der Waals surface area contributed by atoms with Crippen LogP contribution in [0.1, 0.15) is 21.5 Å². The number of thiol groups is 1. The summed E-state index contributed by atoms with van der Waals surface area (Å²) in [4.78, 5) is 12.9. The number of amides is 1. The molecule has 0 saturated carbocycles. The van der Waals surface area contributed by atoms with E-state index in [2.05, 4.69) is 17.9 Å². The van der Waals surface area contributed by atoms with Gasteiger partial charge in [0.2, 0.25) is 0 Å². The Balaban J connectivity index is 2.21. The first-order valence-corrected chi connectivity index (χ1v) is 6.16. The fraction of sp³-hybridized carbons (Fsp3) is 0.0667. The van der Waals surface area contributed by atoms with Crippen LogP contribution in [0.4, 0.5) is 5.69 Å². The summed E-state index contributed by atoms with van der Waals surface area (Å²) in [5, 5.41) is 11.5. The predicted molar refractivity (Wildman–Crippen MR) is 77.5 cm³/mol. The van der Waals surface area contributed by atoms with Crippen molar-refractivity contribution in [3.05, 3.63) is 59.2 Å². The van der Waals surface area contributed by atoms with Gasteiger partial charge in [-0.2, -0.15) is 5.26 Å². The van der Waals surface area contributed by atoms with Crippen molar-refractivity contribution in [1.29, 1.82) is 5.26 Å². The molecule has 0 unspecified atom stereocenters. The second-order valence-corrected chi connectivity index (χ2v) is 4.66. The van der Waals surface area contributed by atoms with E-state index in [0.29, 0.717) is 16.8 Å². The van der Waals surface area contributed by atoms with Crippen LogP contribution >= 0.6 is 12.6 Å². The molecule has 2 aromatic carbocycles. The molecule has 0 saturated heterocycles. The van der Waals surface area contributed by atoms with E-state index in [0.717, 1.165) is 10.5 Å². The van der Waals surface area contributed by atoms with Crippen molar-refractivity contribution in [3.8, 4) is 6.07 Å². The van der Waals surface area contributed by atoms with Gasteiger partial charge in [-0.05, 0) is 48.9 Å². The van der Waals surface area contributed by atoms with Crippen LogP contribution in [0.3, 0.4) is 0 Å². The second-order valence-electron chi connectivity index (χ2n) is 4.14. The largest absolute Gasteiger partial charge is 0.322 e. The van der Waals surface area contributed by atoms with Gasteiger partial charge >= 0.3 is 0 Å². The van der Waals surface area contributed by atoms with E-state index in [9.17, 15) is 4.79 Å². The summed E-state index contributed by atoms with van der Waals surface area (Å²) in [6.45, 7) is 1.88. The fourth-order valence-corrected chi connectivity index (χ4v) is 1.88. The average Bonchev–Trinajstić information content (AvgIpc) is 2.42. The molecule has 3 nitrogen and oxygen atoms in total. The number of aryl methyl sites for hydroxylation is 1. The van der Waals surface area contributed by atoms with Crippen LogP contribution in [0.2, 0.25) is 0 Å². The van der Waals surface area contributed by atoms with Crippen LogP contribution in [0.5, 0.6) is 0 Å². The highest BCUT2D eigenvalue weighted by Gasteiger charge is 2.09. The number of hydrogen-bond acceptors (Lipinski definition) is 3. The normalized spacial score (nSPS) is 9.74. The lowest BCUT2D eigenvalue weighted by molar-refractivity contribution is 0.102. The summed E-state index contributed by atoms with van der Waals surface area (Å²) in [6, 6.07) is 14.2. The molecule has 19 heavy (non-hydrogen) atoms. The van der Waals surface area contributed by atoms with Crippen LogP contribution in [-0.2, 0) is 0 Å². The maximum atomic E-state index is 12.1. The van der Waals surface area contributed by atoms with Crippen molar-refractivity contribution in [2.75, 3.05) is 5.32 Å². The summed E-state index contributed by atoms with van der Waals surface area (Å²) in [7, 11) is 0. The van der Waals surface area contributed by atoms with E-state index < -0.39 is 0 Å². The number of carbonyl (C=O) groups is 1. The Morgan fingerprint density at radius 1 is 1.21 bits per heavy atom. The number of anilines is 1. The van der Waals surface area contributed by atoms with Crippen molar-refractivity contribution >= 4 is 24.2 Å². The summed E-state index contributed by atoms with van der Waals surface area (Å²) in [5.41, 5.74) is 2.71. The molecule has 0 radical (unpaired) electrons. The lowest BCUT2D eigenvalue weighted by Gasteiger charge is -2.08. The molecule has 0 aliphatic rings. The van der Waals surface area contributed by atoms with Gasteiger partial charge in [-0.1, -0.05) is 6.07 Å². The molecule has 2 aromatic rings. The molecular formula is C15H12N2OS. The number of carbonyl (C=O) groups excluding carboxylic acids is 1. The van der Waals surface area contributed by atoms with Gasteiger partial charge in [0.25, 0.3) is 5.91 Å². The molecule has 1 amide bonds. The fourth-order valence-electron chi connectivity index (χ4n) is 1.68. The smallest absolute Gasteiger partial charge is 0.255 e. The van der Waals surface area contributed by atoms with Crippen LogP contribution in [-0.4, -0.2) is 5.91 Å². The first-order chi connectivity index (χ1) is 9.10. The van der Waals surface area contributed by atoms with Gasteiger partial charge in [0.1, 0.15) is 0 Å². The van der Waals surface area contributed by atoms with E-state index >= 15 is 0 Å². The predicted octanol–water partition coefficient (Wildman–Crippen LogP) is 3.41. The van der Waals surface area contributed by atoms with E-state index in [1.165, 1.54) is 0 Å². The Labute approximate surface area is 117 Å². The summed E-state index contributed by atoms with van der Waals surface area (Å²) < 4.78 is 0. The zero-order chi connectivity index (χ0) is 13.8. The Morgan fingerprint density at radius 2 is 1.89 bits per heavy atom. The first kappa shape index (κ1) is 13.2. The molecule has 0 aliphatic heterocycles. The third kappa shape index (κ3) is 3.15. The average molecular weight is 268 g/mol. The quantitative estimate of drug-likeness (QED) is 0.820. The maximum absolute atomic E-state index is 12.1. The van der Waals surface area contributed by atoms with Crippen LogP contribution in [0.15, 0.2) is 47.4 Å². The van der Waals surface area contributed by atoms with Gasteiger partial charge in [0.05, 0.1) is 11.6 Å². The Kier molecular flexibility index (Phi) is 3.88. The third-order valence-corrected chi connectivity index (χ3v) is 3.02. The monoisotopic (exact) mass is 268 g/mol. The molecule has 4 heteroatoms. The Bertz CT molecular complexity index is 657. The lowest BCUT2D eigenvalue weighted by atomic mass is 10.1.